The molecule has 5 rings (SSSR count). The van der Waals surface area contributed by atoms with Gasteiger partial charge in [-0.1, -0.05) is 31.7 Å². The molecule has 3 aliphatic carbocycles. The van der Waals surface area contributed by atoms with Gasteiger partial charge in [-0.2, -0.15) is 5.10 Å². The van der Waals surface area contributed by atoms with Crippen molar-refractivity contribution in [1.29, 1.82) is 0 Å². The van der Waals surface area contributed by atoms with E-state index in [1.54, 1.807) is 23.0 Å². The van der Waals surface area contributed by atoms with Gasteiger partial charge in [-0.3, -0.25) is 19.1 Å². The Hall–Kier alpha value is -3.27. The van der Waals surface area contributed by atoms with Crippen LogP contribution in [0.5, 0.6) is 0 Å². The molecule has 3 fully saturated rings. The number of halogens is 1. The molecule has 0 radical (unpaired) electrons. The molecule has 3 aliphatic rings. The standard InChI is InChI=1S/C26H34FN5O4.C4H8/c1-15(2)32-21(9-10-29-32)25(35)31-24(23(17-4-5-17)18-6-7-18)26(36)30-20-8-3-16(13-19(20)27)14-22(34)28-11-12-33;1-2-4-3-1/h3,8-10,13,15,17-18,23-24,33H,4-7,11-12,14H2,1-2H3,(H,28,34)(H,30,36)(H,31,35);1-4H2. The van der Waals surface area contributed by atoms with Crippen LogP contribution in [-0.2, 0) is 16.0 Å². The number of aliphatic hydroxyl groups is 1. The quantitative estimate of drug-likeness (QED) is 0.315. The first kappa shape index (κ1) is 29.7. The van der Waals surface area contributed by atoms with Crippen molar-refractivity contribution >= 4 is 23.4 Å². The van der Waals surface area contributed by atoms with Crippen LogP contribution in [0.15, 0.2) is 30.5 Å². The molecule has 10 heteroatoms. The lowest BCUT2D eigenvalue weighted by Gasteiger charge is -2.28. The summed E-state index contributed by atoms with van der Waals surface area (Å²) in [6, 6.07) is 5.03. The summed E-state index contributed by atoms with van der Waals surface area (Å²) in [5, 5.41) is 21.2. The number of aromatic nitrogens is 2. The van der Waals surface area contributed by atoms with Gasteiger partial charge in [-0.05, 0) is 81.0 Å². The molecular weight excluding hydrogens is 513 g/mol. The van der Waals surface area contributed by atoms with Crippen LogP contribution in [-0.4, -0.2) is 51.8 Å². The van der Waals surface area contributed by atoms with Crippen molar-refractivity contribution in [1.82, 2.24) is 20.4 Å². The minimum atomic E-state index is -0.795. The van der Waals surface area contributed by atoms with E-state index in [0.717, 1.165) is 25.7 Å². The van der Waals surface area contributed by atoms with Crippen LogP contribution in [0.3, 0.4) is 0 Å². The molecule has 0 saturated heterocycles. The molecule has 40 heavy (non-hydrogen) atoms. The summed E-state index contributed by atoms with van der Waals surface area (Å²) in [4.78, 5) is 38.5. The van der Waals surface area contributed by atoms with Crippen molar-refractivity contribution in [2.75, 3.05) is 18.5 Å². The van der Waals surface area contributed by atoms with Crippen molar-refractivity contribution in [2.45, 2.75) is 83.7 Å². The van der Waals surface area contributed by atoms with Crippen molar-refractivity contribution < 1.29 is 23.9 Å². The summed E-state index contributed by atoms with van der Waals surface area (Å²) < 4.78 is 16.5. The van der Waals surface area contributed by atoms with Gasteiger partial charge in [0.15, 0.2) is 0 Å². The van der Waals surface area contributed by atoms with E-state index in [0.29, 0.717) is 23.1 Å². The minimum Gasteiger partial charge on any atom is -0.395 e. The zero-order valence-corrected chi connectivity index (χ0v) is 23.5. The Morgan fingerprint density at radius 1 is 1.05 bits per heavy atom. The van der Waals surface area contributed by atoms with Crippen LogP contribution < -0.4 is 16.0 Å². The fourth-order valence-electron chi connectivity index (χ4n) is 5.02. The van der Waals surface area contributed by atoms with Crippen LogP contribution in [0.4, 0.5) is 10.1 Å². The number of benzene rings is 1. The first-order chi connectivity index (χ1) is 19.3. The average Bonchev–Trinajstić information content (AvgIpc) is 3.82. The summed E-state index contributed by atoms with van der Waals surface area (Å²) in [5.41, 5.74) is 0.820. The zero-order chi connectivity index (χ0) is 28.6. The van der Waals surface area contributed by atoms with Crippen LogP contribution in [0.1, 0.15) is 87.3 Å². The molecule has 1 heterocycles. The molecule has 3 saturated carbocycles. The molecule has 0 bridgehead atoms. The van der Waals surface area contributed by atoms with Gasteiger partial charge in [0.25, 0.3) is 5.91 Å². The highest BCUT2D eigenvalue weighted by Gasteiger charge is 2.48. The summed E-state index contributed by atoms with van der Waals surface area (Å²) in [6.07, 6.45) is 11.6. The largest absolute Gasteiger partial charge is 0.395 e. The predicted octanol–water partition coefficient (Wildman–Crippen LogP) is 3.99. The fraction of sp³-hybridized carbons (Fsp3) is 0.600. The maximum atomic E-state index is 14.9. The number of nitrogens with one attached hydrogen (secondary N) is 3. The number of aliphatic hydroxyl groups excluding tert-OH is 1. The normalized spacial score (nSPS) is 16.9. The number of carbonyl (C=O) groups excluding carboxylic acids is 3. The van der Waals surface area contributed by atoms with Crippen LogP contribution in [0.25, 0.3) is 0 Å². The number of hydrogen-bond acceptors (Lipinski definition) is 5. The van der Waals surface area contributed by atoms with Gasteiger partial charge in [0.1, 0.15) is 17.6 Å². The van der Waals surface area contributed by atoms with E-state index in [1.807, 2.05) is 13.8 Å². The SMILES string of the molecule is C1CCC1.CC(C)n1nccc1C(=O)NC(C(=O)Nc1ccc(CC(=O)NCCO)cc1F)C(C1CC1)C1CC1. The third kappa shape index (κ3) is 8.13. The molecule has 4 N–H and O–H groups in total. The number of rotatable bonds is 12. The second-order valence-corrected chi connectivity index (χ2v) is 11.4. The molecule has 1 aromatic carbocycles. The molecule has 1 aromatic heterocycles. The van der Waals surface area contributed by atoms with Crippen LogP contribution >= 0.6 is 0 Å². The molecule has 2 aromatic rings. The second kappa shape index (κ2) is 13.9. The Bertz CT molecular complexity index is 1150. The molecule has 0 aliphatic heterocycles. The molecular formula is C30H42FN5O4. The number of nitrogens with zero attached hydrogens (tertiary/aromatic N) is 2. The maximum Gasteiger partial charge on any atom is 0.270 e. The third-order valence-electron chi connectivity index (χ3n) is 7.77. The Labute approximate surface area is 235 Å². The van der Waals surface area contributed by atoms with E-state index >= 15 is 0 Å². The Kier molecular flexibility index (Phi) is 10.3. The first-order valence-electron chi connectivity index (χ1n) is 14.6. The highest BCUT2D eigenvalue weighted by atomic mass is 19.1. The minimum absolute atomic E-state index is 0.00178. The van der Waals surface area contributed by atoms with Gasteiger partial charge in [0.2, 0.25) is 11.8 Å². The van der Waals surface area contributed by atoms with Crippen molar-refractivity contribution in [2.24, 2.45) is 17.8 Å². The maximum absolute atomic E-state index is 14.9. The lowest BCUT2D eigenvalue weighted by molar-refractivity contribution is -0.121. The highest BCUT2D eigenvalue weighted by Crippen LogP contribution is 2.51. The Morgan fingerprint density at radius 3 is 2.23 bits per heavy atom. The van der Waals surface area contributed by atoms with Gasteiger partial charge in [-0.25, -0.2) is 4.39 Å². The highest BCUT2D eigenvalue weighted by molar-refractivity contribution is 6.01. The summed E-state index contributed by atoms with van der Waals surface area (Å²) in [5.74, 6) is -1.08. The van der Waals surface area contributed by atoms with Crippen LogP contribution in [0.2, 0.25) is 0 Å². The van der Waals surface area contributed by atoms with E-state index in [4.69, 9.17) is 5.11 Å². The molecule has 3 amide bonds. The molecule has 1 unspecified atom stereocenters. The van der Waals surface area contributed by atoms with Gasteiger partial charge < -0.3 is 21.1 Å². The van der Waals surface area contributed by atoms with Crippen molar-refractivity contribution in [3.63, 3.8) is 0 Å². The van der Waals surface area contributed by atoms with E-state index in [-0.39, 0.29) is 49.0 Å². The topological polar surface area (TPSA) is 125 Å². The fourth-order valence-corrected chi connectivity index (χ4v) is 5.02. The molecule has 218 valence electrons. The molecule has 9 nitrogen and oxygen atoms in total. The monoisotopic (exact) mass is 555 g/mol. The average molecular weight is 556 g/mol. The second-order valence-electron chi connectivity index (χ2n) is 11.4. The van der Waals surface area contributed by atoms with Crippen molar-refractivity contribution in [3.05, 3.63) is 47.5 Å². The van der Waals surface area contributed by atoms with E-state index in [1.165, 1.54) is 37.8 Å². The zero-order valence-electron chi connectivity index (χ0n) is 23.5. The summed E-state index contributed by atoms with van der Waals surface area (Å²) in [6.45, 7) is 3.80. The predicted molar refractivity (Wildman–Crippen MR) is 150 cm³/mol. The van der Waals surface area contributed by atoms with Gasteiger partial charge >= 0.3 is 0 Å². The van der Waals surface area contributed by atoms with Gasteiger partial charge in [-0.15, -0.1) is 0 Å². The number of carbonyl (C=O) groups is 3. The van der Waals surface area contributed by atoms with Gasteiger partial charge in [0.05, 0.1) is 18.7 Å². The molecule has 0 spiro atoms. The first-order valence-corrected chi connectivity index (χ1v) is 14.6. The van der Waals surface area contributed by atoms with Crippen molar-refractivity contribution in [3.8, 4) is 0 Å². The Morgan fingerprint density at radius 2 is 1.70 bits per heavy atom. The summed E-state index contributed by atoms with van der Waals surface area (Å²) in [7, 11) is 0. The van der Waals surface area contributed by atoms with E-state index in [9.17, 15) is 18.8 Å². The lowest BCUT2D eigenvalue weighted by Crippen LogP contribution is -2.50. The number of anilines is 1. The number of hydrogen-bond donors (Lipinski definition) is 4. The summed E-state index contributed by atoms with van der Waals surface area (Å²) >= 11 is 0. The van der Waals surface area contributed by atoms with E-state index in [2.05, 4.69) is 21.0 Å². The third-order valence-corrected chi connectivity index (χ3v) is 7.77. The lowest BCUT2D eigenvalue weighted by atomic mass is 9.88. The Balaban J connectivity index is 0.000000848. The van der Waals surface area contributed by atoms with Gasteiger partial charge in [0, 0.05) is 18.8 Å². The number of amides is 3. The molecule has 1 atom stereocenters. The van der Waals surface area contributed by atoms with E-state index < -0.39 is 17.8 Å². The van der Waals surface area contributed by atoms with Crippen LogP contribution in [0, 0.1) is 23.6 Å². The smallest absolute Gasteiger partial charge is 0.270 e.